The molecule has 0 aliphatic carbocycles. The van der Waals surface area contributed by atoms with Gasteiger partial charge in [0.2, 0.25) is 0 Å². The molecule has 0 fully saturated rings. The molecule has 3 aromatic rings. The Kier molecular flexibility index (Phi) is 7.23. The van der Waals surface area contributed by atoms with Crippen LogP contribution in [0.25, 0.3) is 0 Å². The lowest BCUT2D eigenvalue weighted by Crippen LogP contribution is -2.01. The second-order valence-corrected chi connectivity index (χ2v) is 8.14. The molecule has 29 heavy (non-hydrogen) atoms. The minimum absolute atomic E-state index is 0.250. The molecular formula is C23H19Br2NO3. The summed E-state index contributed by atoms with van der Waals surface area (Å²) in [6.07, 6.45) is 2.77. The number of hydrogen-bond acceptors (Lipinski definition) is 3. The molecule has 0 aliphatic rings. The fraction of sp³-hybridized carbons (Fsp3) is 0.130. The molecule has 0 spiro atoms. The lowest BCUT2D eigenvalue weighted by molar-refractivity contribution is 0.0697. The third-order valence-electron chi connectivity index (χ3n) is 4.32. The summed E-state index contributed by atoms with van der Waals surface area (Å²) in [5.74, 6) is -0.275. The van der Waals surface area contributed by atoms with E-state index >= 15 is 0 Å². The number of nitrogens with zero attached hydrogens (tertiary/aromatic N) is 1. The summed E-state index contributed by atoms with van der Waals surface area (Å²) >= 11 is 7.06. The average molecular weight is 517 g/mol. The second-order valence-electron chi connectivity index (χ2n) is 6.37. The number of hydrogen-bond donors (Lipinski definition) is 1. The van der Waals surface area contributed by atoms with Gasteiger partial charge in [-0.05, 0) is 69.9 Å². The van der Waals surface area contributed by atoms with Crippen LogP contribution in [0.5, 0.6) is 5.75 Å². The SMILES string of the molecule is CCc1ccc(N=Cc2cc(Br)cc(Br)c2OCc2ccc(C(=O)O)cc2)cc1. The number of carbonyl (C=O) groups is 1. The van der Waals surface area contributed by atoms with E-state index in [0.29, 0.717) is 12.4 Å². The summed E-state index contributed by atoms with van der Waals surface area (Å²) in [5, 5.41) is 9.01. The zero-order valence-corrected chi connectivity index (χ0v) is 18.9. The highest BCUT2D eigenvalue weighted by Gasteiger charge is 2.10. The first kappa shape index (κ1) is 21.3. The Morgan fingerprint density at radius 2 is 1.69 bits per heavy atom. The van der Waals surface area contributed by atoms with Crippen molar-refractivity contribution in [2.75, 3.05) is 0 Å². The molecule has 0 saturated carbocycles. The van der Waals surface area contributed by atoms with Gasteiger partial charge in [-0.25, -0.2) is 4.79 Å². The zero-order chi connectivity index (χ0) is 20.8. The molecule has 6 heteroatoms. The second kappa shape index (κ2) is 9.85. The van der Waals surface area contributed by atoms with Gasteiger partial charge in [-0.15, -0.1) is 0 Å². The minimum Gasteiger partial charge on any atom is -0.487 e. The van der Waals surface area contributed by atoms with E-state index in [1.54, 1.807) is 30.5 Å². The van der Waals surface area contributed by atoms with Gasteiger partial charge in [0.15, 0.2) is 0 Å². The van der Waals surface area contributed by atoms with Crippen molar-refractivity contribution in [2.45, 2.75) is 20.0 Å². The van der Waals surface area contributed by atoms with E-state index in [-0.39, 0.29) is 5.56 Å². The lowest BCUT2D eigenvalue weighted by Gasteiger charge is -2.12. The molecule has 0 bridgehead atoms. The first-order valence-corrected chi connectivity index (χ1v) is 10.6. The van der Waals surface area contributed by atoms with Gasteiger partial charge < -0.3 is 9.84 Å². The molecule has 1 N–H and O–H groups in total. The zero-order valence-electron chi connectivity index (χ0n) is 15.7. The van der Waals surface area contributed by atoms with Crippen molar-refractivity contribution >= 4 is 49.7 Å². The van der Waals surface area contributed by atoms with Crippen LogP contribution in [-0.4, -0.2) is 17.3 Å². The van der Waals surface area contributed by atoms with Crippen LogP contribution >= 0.6 is 31.9 Å². The van der Waals surface area contributed by atoms with Crippen molar-refractivity contribution in [1.29, 1.82) is 0 Å². The Bertz CT molecular complexity index is 1030. The fourth-order valence-corrected chi connectivity index (χ4v) is 4.06. The van der Waals surface area contributed by atoms with Gasteiger partial charge in [-0.2, -0.15) is 0 Å². The molecular weight excluding hydrogens is 498 g/mol. The first-order valence-electron chi connectivity index (χ1n) is 9.03. The van der Waals surface area contributed by atoms with Crippen LogP contribution < -0.4 is 4.74 Å². The molecule has 0 saturated heterocycles. The number of rotatable bonds is 7. The molecule has 3 rings (SSSR count). The molecule has 0 aromatic heterocycles. The predicted octanol–water partition coefficient (Wildman–Crippen LogP) is 6.80. The van der Waals surface area contributed by atoms with E-state index < -0.39 is 5.97 Å². The number of halogens is 2. The molecule has 0 radical (unpaired) electrons. The van der Waals surface area contributed by atoms with Crippen LogP contribution in [-0.2, 0) is 13.0 Å². The van der Waals surface area contributed by atoms with Gasteiger partial charge in [-0.3, -0.25) is 4.99 Å². The molecule has 4 nitrogen and oxygen atoms in total. The number of aromatic carboxylic acids is 1. The highest BCUT2D eigenvalue weighted by molar-refractivity contribution is 9.11. The van der Waals surface area contributed by atoms with Crippen LogP contribution in [0.15, 0.2) is 74.6 Å². The molecule has 0 heterocycles. The number of ether oxygens (including phenoxy) is 1. The number of carboxylic acids is 1. The summed E-state index contributed by atoms with van der Waals surface area (Å²) in [5.41, 5.74) is 4.09. The topological polar surface area (TPSA) is 58.9 Å². The minimum atomic E-state index is -0.946. The van der Waals surface area contributed by atoms with Gasteiger partial charge in [0.05, 0.1) is 15.7 Å². The van der Waals surface area contributed by atoms with Gasteiger partial charge in [0.1, 0.15) is 12.4 Å². The van der Waals surface area contributed by atoms with E-state index in [1.165, 1.54) is 5.56 Å². The fourth-order valence-electron chi connectivity index (χ4n) is 2.69. The summed E-state index contributed by atoms with van der Waals surface area (Å²) in [6.45, 7) is 2.43. The Morgan fingerprint density at radius 3 is 2.31 bits per heavy atom. The summed E-state index contributed by atoms with van der Waals surface area (Å²) < 4.78 is 7.74. The summed E-state index contributed by atoms with van der Waals surface area (Å²) in [4.78, 5) is 15.5. The third-order valence-corrected chi connectivity index (χ3v) is 5.37. The van der Waals surface area contributed by atoms with E-state index in [1.807, 2.05) is 24.3 Å². The van der Waals surface area contributed by atoms with Crippen molar-refractivity contribution < 1.29 is 14.6 Å². The quantitative estimate of drug-likeness (QED) is 0.351. The smallest absolute Gasteiger partial charge is 0.335 e. The number of aliphatic imine (C=N–C) groups is 1. The van der Waals surface area contributed by atoms with Crippen molar-refractivity contribution in [3.63, 3.8) is 0 Å². The first-order chi connectivity index (χ1) is 14.0. The van der Waals surface area contributed by atoms with Gasteiger partial charge in [0, 0.05) is 16.3 Å². The van der Waals surface area contributed by atoms with Crippen LogP contribution in [0.4, 0.5) is 5.69 Å². The van der Waals surface area contributed by atoms with Gasteiger partial charge in [-0.1, -0.05) is 47.1 Å². The average Bonchev–Trinajstić information content (AvgIpc) is 2.72. The summed E-state index contributed by atoms with van der Waals surface area (Å²) in [7, 11) is 0. The largest absolute Gasteiger partial charge is 0.487 e. The molecule has 3 aromatic carbocycles. The highest BCUT2D eigenvalue weighted by atomic mass is 79.9. The third kappa shape index (κ3) is 5.78. The van der Waals surface area contributed by atoms with E-state index in [0.717, 1.165) is 32.2 Å². The number of benzene rings is 3. The van der Waals surface area contributed by atoms with Crippen molar-refractivity contribution in [3.05, 3.63) is 91.9 Å². The van der Waals surface area contributed by atoms with Gasteiger partial charge in [0.25, 0.3) is 0 Å². The van der Waals surface area contributed by atoms with E-state index in [9.17, 15) is 4.79 Å². The van der Waals surface area contributed by atoms with E-state index in [4.69, 9.17) is 9.84 Å². The Morgan fingerprint density at radius 1 is 1.03 bits per heavy atom. The van der Waals surface area contributed by atoms with Crippen molar-refractivity contribution in [2.24, 2.45) is 4.99 Å². The standard InChI is InChI=1S/C23H19Br2NO3/c1-2-15-5-9-20(10-6-15)26-13-18-11-19(24)12-21(25)22(18)29-14-16-3-7-17(8-4-16)23(27)28/h3-13H,2,14H2,1H3,(H,27,28). The molecule has 148 valence electrons. The monoisotopic (exact) mass is 515 g/mol. The van der Waals surface area contributed by atoms with Crippen molar-refractivity contribution in [3.8, 4) is 5.75 Å². The number of aryl methyl sites for hydroxylation is 1. The highest BCUT2D eigenvalue weighted by Crippen LogP contribution is 2.33. The maximum Gasteiger partial charge on any atom is 0.335 e. The summed E-state index contributed by atoms with van der Waals surface area (Å²) in [6, 6.07) is 18.6. The lowest BCUT2D eigenvalue weighted by atomic mass is 10.1. The number of carboxylic acid groups (broad SMARTS) is 1. The van der Waals surface area contributed by atoms with Gasteiger partial charge >= 0.3 is 5.97 Å². The Labute approximate surface area is 186 Å². The Balaban J connectivity index is 1.80. The normalized spacial score (nSPS) is 11.0. The van der Waals surface area contributed by atoms with Crippen LogP contribution in [0, 0.1) is 0 Å². The Hall–Kier alpha value is -2.44. The molecule has 0 unspecified atom stereocenters. The molecule has 0 amide bonds. The van der Waals surface area contributed by atoms with E-state index in [2.05, 4.69) is 55.9 Å². The maximum atomic E-state index is 11.0. The van der Waals surface area contributed by atoms with Crippen molar-refractivity contribution in [1.82, 2.24) is 0 Å². The van der Waals surface area contributed by atoms with Crippen LogP contribution in [0.2, 0.25) is 0 Å². The van der Waals surface area contributed by atoms with Crippen LogP contribution in [0.1, 0.15) is 34.0 Å². The maximum absolute atomic E-state index is 11.0. The molecule has 0 aliphatic heterocycles. The van der Waals surface area contributed by atoms with Crippen LogP contribution in [0.3, 0.4) is 0 Å². The predicted molar refractivity (Wildman–Crippen MR) is 123 cm³/mol. The molecule has 0 atom stereocenters.